The highest BCUT2D eigenvalue weighted by Crippen LogP contribution is 2.38. The molecule has 0 radical (unpaired) electrons. The Kier molecular flexibility index (Phi) is 3.24. The molecule has 0 amide bonds. The summed E-state index contributed by atoms with van der Waals surface area (Å²) in [6.07, 6.45) is 2.34. The zero-order chi connectivity index (χ0) is 12.4. The summed E-state index contributed by atoms with van der Waals surface area (Å²) in [5.74, 6) is 2.52. The SMILES string of the molecule is NCCn1nnnc1SCc1nc(C2CC2)no1. The predicted octanol–water partition coefficient (Wildman–Crippen LogP) is 0.184. The van der Waals surface area contributed by atoms with E-state index >= 15 is 0 Å². The van der Waals surface area contributed by atoms with E-state index in [9.17, 15) is 0 Å². The molecule has 8 nitrogen and oxygen atoms in total. The average Bonchev–Trinajstić information content (AvgIpc) is 2.96. The summed E-state index contributed by atoms with van der Waals surface area (Å²) in [5, 5.41) is 16.1. The summed E-state index contributed by atoms with van der Waals surface area (Å²) < 4.78 is 6.85. The van der Waals surface area contributed by atoms with Gasteiger partial charge < -0.3 is 10.3 Å². The Bertz CT molecular complexity index is 520. The molecule has 1 aliphatic rings. The first-order valence-corrected chi connectivity index (χ1v) is 6.77. The van der Waals surface area contributed by atoms with E-state index in [2.05, 4.69) is 25.7 Å². The van der Waals surface area contributed by atoms with Crippen LogP contribution in [0, 0.1) is 0 Å². The molecular weight excluding hydrogens is 254 g/mol. The summed E-state index contributed by atoms with van der Waals surface area (Å²) in [5.41, 5.74) is 5.47. The van der Waals surface area contributed by atoms with E-state index in [-0.39, 0.29) is 0 Å². The molecule has 96 valence electrons. The molecule has 0 aromatic carbocycles. The molecule has 2 aromatic heterocycles. The lowest BCUT2D eigenvalue weighted by molar-refractivity contribution is 0.385. The zero-order valence-electron chi connectivity index (χ0n) is 9.69. The van der Waals surface area contributed by atoms with Crippen LogP contribution in [0.25, 0.3) is 0 Å². The monoisotopic (exact) mass is 267 g/mol. The number of nitrogens with two attached hydrogens (primary N) is 1. The second-order valence-corrected chi connectivity index (χ2v) is 5.03. The van der Waals surface area contributed by atoms with Crippen molar-refractivity contribution in [2.24, 2.45) is 5.73 Å². The lowest BCUT2D eigenvalue weighted by Crippen LogP contribution is -2.12. The summed E-state index contributed by atoms with van der Waals surface area (Å²) >= 11 is 1.47. The fourth-order valence-corrected chi connectivity index (χ4v) is 2.26. The van der Waals surface area contributed by atoms with Crippen molar-refractivity contribution < 1.29 is 4.52 Å². The number of aromatic nitrogens is 6. The molecule has 0 spiro atoms. The topological polar surface area (TPSA) is 109 Å². The van der Waals surface area contributed by atoms with Gasteiger partial charge in [-0.05, 0) is 23.3 Å². The first-order chi connectivity index (χ1) is 8.86. The average molecular weight is 267 g/mol. The Labute approximate surface area is 107 Å². The van der Waals surface area contributed by atoms with Crippen LogP contribution in [0.3, 0.4) is 0 Å². The van der Waals surface area contributed by atoms with Crippen LogP contribution in [0.5, 0.6) is 0 Å². The van der Waals surface area contributed by atoms with E-state index < -0.39 is 0 Å². The van der Waals surface area contributed by atoms with Crippen molar-refractivity contribution >= 4 is 11.8 Å². The number of hydrogen-bond acceptors (Lipinski definition) is 8. The van der Waals surface area contributed by atoms with Gasteiger partial charge in [-0.15, -0.1) is 5.10 Å². The molecule has 0 atom stereocenters. The van der Waals surface area contributed by atoms with Crippen molar-refractivity contribution in [2.45, 2.75) is 36.2 Å². The minimum Gasteiger partial charge on any atom is -0.338 e. The second-order valence-electron chi connectivity index (χ2n) is 4.08. The third-order valence-corrected chi connectivity index (χ3v) is 3.53. The summed E-state index contributed by atoms with van der Waals surface area (Å²) in [6, 6.07) is 0. The van der Waals surface area contributed by atoms with Gasteiger partial charge in [0.2, 0.25) is 11.0 Å². The smallest absolute Gasteiger partial charge is 0.237 e. The molecule has 0 unspecified atom stereocenters. The van der Waals surface area contributed by atoms with Crippen molar-refractivity contribution in [1.82, 2.24) is 30.3 Å². The van der Waals surface area contributed by atoms with Crippen LogP contribution in [-0.4, -0.2) is 36.9 Å². The van der Waals surface area contributed by atoms with E-state index in [1.165, 1.54) is 24.6 Å². The Hall–Kier alpha value is -1.48. The molecule has 9 heteroatoms. The molecule has 1 saturated carbocycles. The highest BCUT2D eigenvalue weighted by Gasteiger charge is 2.28. The molecule has 2 N–H and O–H groups in total. The van der Waals surface area contributed by atoms with Gasteiger partial charge in [-0.2, -0.15) is 4.98 Å². The number of hydrogen-bond donors (Lipinski definition) is 1. The van der Waals surface area contributed by atoms with Gasteiger partial charge in [0.25, 0.3) is 0 Å². The van der Waals surface area contributed by atoms with Gasteiger partial charge in [-0.25, -0.2) is 4.68 Å². The summed E-state index contributed by atoms with van der Waals surface area (Å²) in [7, 11) is 0. The van der Waals surface area contributed by atoms with Gasteiger partial charge in [0, 0.05) is 12.5 Å². The third kappa shape index (κ3) is 2.51. The van der Waals surface area contributed by atoms with Crippen molar-refractivity contribution in [3.8, 4) is 0 Å². The van der Waals surface area contributed by atoms with Crippen LogP contribution < -0.4 is 5.73 Å². The Morgan fingerprint density at radius 3 is 3.11 bits per heavy atom. The van der Waals surface area contributed by atoms with Gasteiger partial charge in [0.15, 0.2) is 5.82 Å². The molecule has 3 rings (SSSR count). The molecule has 18 heavy (non-hydrogen) atoms. The number of rotatable bonds is 6. The minimum absolute atomic E-state index is 0.505. The molecule has 0 bridgehead atoms. The van der Waals surface area contributed by atoms with E-state index in [1.54, 1.807) is 4.68 Å². The highest BCUT2D eigenvalue weighted by atomic mass is 32.2. The third-order valence-electron chi connectivity index (χ3n) is 2.59. The largest absolute Gasteiger partial charge is 0.338 e. The fourth-order valence-electron chi connectivity index (χ4n) is 1.52. The zero-order valence-corrected chi connectivity index (χ0v) is 10.5. The maximum absolute atomic E-state index is 5.47. The maximum Gasteiger partial charge on any atom is 0.237 e. The second kappa shape index (κ2) is 5.02. The molecular formula is C9H13N7OS. The van der Waals surface area contributed by atoms with Crippen molar-refractivity contribution in [3.05, 3.63) is 11.7 Å². The van der Waals surface area contributed by atoms with Gasteiger partial charge in [-0.3, -0.25) is 0 Å². The van der Waals surface area contributed by atoms with E-state index in [0.717, 1.165) is 5.82 Å². The van der Waals surface area contributed by atoms with Crippen LogP contribution in [0.1, 0.15) is 30.5 Å². The molecule has 2 heterocycles. The van der Waals surface area contributed by atoms with Crippen LogP contribution in [0.4, 0.5) is 0 Å². The standard InChI is InChI=1S/C9H13N7OS/c10-3-4-16-9(12-14-15-16)18-5-7-11-8(13-17-7)6-1-2-6/h6H,1-5,10H2. The quantitative estimate of drug-likeness (QED) is 0.738. The van der Waals surface area contributed by atoms with E-state index in [1.807, 2.05) is 0 Å². The highest BCUT2D eigenvalue weighted by molar-refractivity contribution is 7.98. The molecule has 0 aliphatic heterocycles. The predicted molar refractivity (Wildman–Crippen MR) is 62.7 cm³/mol. The summed E-state index contributed by atoms with van der Waals surface area (Å²) in [4.78, 5) is 4.35. The Morgan fingerprint density at radius 1 is 1.44 bits per heavy atom. The van der Waals surface area contributed by atoms with Crippen molar-refractivity contribution in [3.63, 3.8) is 0 Å². The lowest BCUT2D eigenvalue weighted by Gasteiger charge is -1.99. The van der Waals surface area contributed by atoms with Gasteiger partial charge in [0.05, 0.1) is 12.3 Å². The fraction of sp³-hybridized carbons (Fsp3) is 0.667. The summed E-state index contributed by atoms with van der Waals surface area (Å²) in [6.45, 7) is 1.11. The van der Waals surface area contributed by atoms with Crippen LogP contribution in [0.2, 0.25) is 0 Å². The van der Waals surface area contributed by atoms with Gasteiger partial charge >= 0.3 is 0 Å². The minimum atomic E-state index is 0.505. The molecule has 2 aromatic rings. The Morgan fingerprint density at radius 2 is 2.33 bits per heavy atom. The van der Waals surface area contributed by atoms with Crippen molar-refractivity contribution in [1.29, 1.82) is 0 Å². The number of nitrogens with zero attached hydrogens (tertiary/aromatic N) is 6. The number of tetrazole rings is 1. The van der Waals surface area contributed by atoms with Crippen molar-refractivity contribution in [2.75, 3.05) is 6.54 Å². The normalized spacial score (nSPS) is 15.2. The van der Waals surface area contributed by atoms with Gasteiger partial charge in [-0.1, -0.05) is 16.9 Å². The van der Waals surface area contributed by atoms with E-state index in [4.69, 9.17) is 10.3 Å². The Balaban J connectivity index is 1.60. The number of thioether (sulfide) groups is 1. The lowest BCUT2D eigenvalue weighted by atomic mass is 10.4. The van der Waals surface area contributed by atoms with Gasteiger partial charge in [0.1, 0.15) is 0 Å². The van der Waals surface area contributed by atoms with E-state index in [0.29, 0.717) is 35.8 Å². The molecule has 0 saturated heterocycles. The maximum atomic E-state index is 5.47. The first kappa shape index (κ1) is 11.6. The van der Waals surface area contributed by atoms with Crippen LogP contribution >= 0.6 is 11.8 Å². The first-order valence-electron chi connectivity index (χ1n) is 5.78. The molecule has 1 fully saturated rings. The molecule has 1 aliphatic carbocycles. The van der Waals surface area contributed by atoms with Crippen LogP contribution in [0.15, 0.2) is 9.68 Å². The van der Waals surface area contributed by atoms with Crippen LogP contribution in [-0.2, 0) is 12.3 Å².